The van der Waals surface area contributed by atoms with Crippen LogP contribution in [0.1, 0.15) is 35.8 Å². The van der Waals surface area contributed by atoms with Crippen LogP contribution >= 0.6 is 0 Å². The van der Waals surface area contributed by atoms with Gasteiger partial charge in [-0.1, -0.05) is 0 Å². The molecule has 0 spiro atoms. The lowest BCUT2D eigenvalue weighted by Crippen LogP contribution is -2.19. The van der Waals surface area contributed by atoms with Gasteiger partial charge in [0, 0.05) is 11.9 Å². The number of sulfonamides is 1. The van der Waals surface area contributed by atoms with E-state index in [1.165, 1.54) is 6.20 Å². The van der Waals surface area contributed by atoms with E-state index in [2.05, 4.69) is 9.71 Å². The number of carbonyl (C=O) groups excluding carboxylic acids is 1. The van der Waals surface area contributed by atoms with Gasteiger partial charge in [-0.25, -0.2) is 13.2 Å². The zero-order valence-electron chi connectivity index (χ0n) is 10.3. The quantitative estimate of drug-likeness (QED) is 0.793. The smallest absolute Gasteiger partial charge is 0.342 e. The van der Waals surface area contributed by atoms with Gasteiger partial charge in [0.1, 0.15) is 5.56 Å². The maximum atomic E-state index is 11.8. The van der Waals surface area contributed by atoms with Gasteiger partial charge in [-0.15, -0.1) is 0 Å². The van der Waals surface area contributed by atoms with E-state index in [0.29, 0.717) is 18.5 Å². The monoisotopic (exact) mass is 272 g/mol. The van der Waals surface area contributed by atoms with Crippen molar-refractivity contribution in [3.63, 3.8) is 0 Å². The minimum atomic E-state index is -3.38. The van der Waals surface area contributed by atoms with Gasteiger partial charge < -0.3 is 9.72 Å². The maximum absolute atomic E-state index is 11.8. The Bertz CT molecular complexity index is 558. The zero-order valence-corrected chi connectivity index (χ0v) is 11.1. The first-order chi connectivity index (χ1) is 8.45. The minimum absolute atomic E-state index is 0.248. The summed E-state index contributed by atoms with van der Waals surface area (Å²) < 4.78 is 31.0. The molecule has 0 aromatic carbocycles. The van der Waals surface area contributed by atoms with Gasteiger partial charge in [0.05, 0.1) is 17.5 Å². The largest absolute Gasteiger partial charge is 0.462 e. The number of aromatic amines is 1. The number of H-pyrrole nitrogens is 1. The summed E-state index contributed by atoms with van der Waals surface area (Å²) in [5.74, 6) is -0.523. The van der Waals surface area contributed by atoms with Crippen molar-refractivity contribution >= 4 is 21.7 Å². The van der Waals surface area contributed by atoms with Gasteiger partial charge in [0.25, 0.3) is 0 Å². The van der Waals surface area contributed by atoms with Crippen LogP contribution in [0.25, 0.3) is 0 Å². The second-order valence-electron chi connectivity index (χ2n) is 4.27. The Balaban J connectivity index is 2.26. The molecule has 18 heavy (non-hydrogen) atoms. The van der Waals surface area contributed by atoms with E-state index in [-0.39, 0.29) is 23.1 Å². The third-order valence-electron chi connectivity index (χ3n) is 2.77. The molecule has 2 N–H and O–H groups in total. The van der Waals surface area contributed by atoms with E-state index in [0.717, 1.165) is 0 Å². The lowest BCUT2D eigenvalue weighted by Gasteiger charge is -2.08. The average molecular weight is 272 g/mol. The van der Waals surface area contributed by atoms with E-state index >= 15 is 0 Å². The molecular weight excluding hydrogens is 256 g/mol. The topological polar surface area (TPSA) is 88.3 Å². The number of esters is 1. The van der Waals surface area contributed by atoms with Crippen molar-refractivity contribution in [1.29, 1.82) is 0 Å². The molecule has 0 saturated heterocycles. The Hall–Kier alpha value is -1.50. The molecule has 0 atom stereocenters. The lowest BCUT2D eigenvalue weighted by molar-refractivity contribution is 0.0527. The summed E-state index contributed by atoms with van der Waals surface area (Å²) in [6, 6.07) is 0. The van der Waals surface area contributed by atoms with E-state index in [1.807, 2.05) is 0 Å². The summed E-state index contributed by atoms with van der Waals surface area (Å²) in [5, 5.41) is -0.331. The van der Waals surface area contributed by atoms with Crippen LogP contribution in [0.15, 0.2) is 6.20 Å². The van der Waals surface area contributed by atoms with Crippen LogP contribution in [-0.4, -0.2) is 31.2 Å². The van der Waals surface area contributed by atoms with Gasteiger partial charge in [0.15, 0.2) is 0 Å². The fraction of sp³-hybridized carbons (Fsp3) is 0.545. The predicted molar refractivity (Wildman–Crippen MR) is 67.1 cm³/mol. The Morgan fingerprint density at radius 3 is 2.78 bits per heavy atom. The van der Waals surface area contributed by atoms with E-state index < -0.39 is 16.0 Å². The van der Waals surface area contributed by atoms with Gasteiger partial charge in [-0.05, 0) is 26.7 Å². The molecule has 0 aliphatic heterocycles. The standard InChI is InChI=1S/C11H16N2O4S/c1-3-17-11(14)10-7(2)12-6-9(10)13-18(15,16)8-4-5-8/h6,8,12-13H,3-5H2,1-2H3. The average Bonchev–Trinajstić information content (AvgIpc) is 3.06. The van der Waals surface area contributed by atoms with Crippen LogP contribution < -0.4 is 4.72 Å². The van der Waals surface area contributed by atoms with Crippen molar-refractivity contribution in [2.45, 2.75) is 31.9 Å². The van der Waals surface area contributed by atoms with E-state index in [4.69, 9.17) is 4.74 Å². The van der Waals surface area contributed by atoms with Crippen LogP contribution in [0.5, 0.6) is 0 Å². The first kappa shape index (κ1) is 12.9. The van der Waals surface area contributed by atoms with Crippen molar-refractivity contribution in [2.24, 2.45) is 0 Å². The Morgan fingerprint density at radius 2 is 2.22 bits per heavy atom. The number of ether oxygens (including phenoxy) is 1. The highest BCUT2D eigenvalue weighted by atomic mass is 32.2. The highest BCUT2D eigenvalue weighted by Gasteiger charge is 2.36. The normalized spacial score (nSPS) is 15.4. The molecule has 6 nitrogen and oxygen atoms in total. The van der Waals surface area contributed by atoms with Crippen LogP contribution in [0.3, 0.4) is 0 Å². The van der Waals surface area contributed by atoms with Crippen molar-refractivity contribution < 1.29 is 17.9 Å². The molecule has 7 heteroatoms. The first-order valence-electron chi connectivity index (χ1n) is 5.82. The molecule has 1 aromatic heterocycles. The summed E-state index contributed by atoms with van der Waals surface area (Å²) in [5.41, 5.74) is 1.10. The van der Waals surface area contributed by atoms with Gasteiger partial charge >= 0.3 is 5.97 Å². The summed E-state index contributed by atoms with van der Waals surface area (Å²) in [7, 11) is -3.38. The third kappa shape index (κ3) is 2.50. The fourth-order valence-electron chi connectivity index (χ4n) is 1.69. The van der Waals surface area contributed by atoms with Gasteiger partial charge in [-0.3, -0.25) is 4.72 Å². The maximum Gasteiger partial charge on any atom is 0.342 e. The number of aromatic nitrogens is 1. The van der Waals surface area contributed by atoms with Gasteiger partial charge in [0.2, 0.25) is 10.0 Å². The zero-order chi connectivity index (χ0) is 13.3. The lowest BCUT2D eigenvalue weighted by atomic mass is 10.2. The molecule has 1 aromatic rings. The molecule has 2 rings (SSSR count). The second-order valence-corrected chi connectivity index (χ2v) is 6.23. The number of carbonyl (C=O) groups is 1. The highest BCUT2D eigenvalue weighted by molar-refractivity contribution is 7.93. The number of anilines is 1. The fourth-order valence-corrected chi connectivity index (χ4v) is 3.08. The SMILES string of the molecule is CCOC(=O)c1c(NS(=O)(=O)C2CC2)c[nH]c1C. The molecule has 0 amide bonds. The van der Waals surface area contributed by atoms with Crippen LogP contribution in [0.2, 0.25) is 0 Å². The summed E-state index contributed by atoms with van der Waals surface area (Å²) in [6.45, 7) is 3.65. The van der Waals surface area contributed by atoms with Gasteiger partial charge in [-0.2, -0.15) is 0 Å². The summed E-state index contributed by atoms with van der Waals surface area (Å²) in [4.78, 5) is 14.6. The molecule has 1 aliphatic rings. The van der Waals surface area contributed by atoms with E-state index in [1.54, 1.807) is 13.8 Å². The van der Waals surface area contributed by atoms with Crippen LogP contribution in [-0.2, 0) is 14.8 Å². The Kier molecular flexibility index (Phi) is 3.34. The Labute approximate surface area is 106 Å². The first-order valence-corrected chi connectivity index (χ1v) is 7.37. The Morgan fingerprint density at radius 1 is 1.56 bits per heavy atom. The number of nitrogens with one attached hydrogen (secondary N) is 2. The van der Waals surface area contributed by atoms with Crippen molar-refractivity contribution in [2.75, 3.05) is 11.3 Å². The number of aryl methyl sites for hydroxylation is 1. The van der Waals surface area contributed by atoms with Crippen LogP contribution in [0.4, 0.5) is 5.69 Å². The van der Waals surface area contributed by atoms with Crippen molar-refractivity contribution in [3.8, 4) is 0 Å². The molecular formula is C11H16N2O4S. The van der Waals surface area contributed by atoms with Crippen molar-refractivity contribution in [1.82, 2.24) is 4.98 Å². The molecule has 0 unspecified atom stereocenters. The van der Waals surface area contributed by atoms with Crippen molar-refractivity contribution in [3.05, 3.63) is 17.5 Å². The molecule has 100 valence electrons. The predicted octanol–water partition coefficient (Wildman–Crippen LogP) is 1.40. The molecule has 1 fully saturated rings. The number of hydrogen-bond donors (Lipinski definition) is 2. The molecule has 1 saturated carbocycles. The molecule has 0 radical (unpaired) electrons. The molecule has 1 aliphatic carbocycles. The summed E-state index contributed by atoms with van der Waals surface area (Å²) in [6.07, 6.45) is 2.82. The van der Waals surface area contributed by atoms with E-state index in [9.17, 15) is 13.2 Å². The summed E-state index contributed by atoms with van der Waals surface area (Å²) >= 11 is 0. The molecule has 0 bridgehead atoms. The highest BCUT2D eigenvalue weighted by Crippen LogP contribution is 2.31. The second kappa shape index (κ2) is 4.64. The molecule has 1 heterocycles. The number of rotatable bonds is 5. The minimum Gasteiger partial charge on any atom is -0.462 e. The number of hydrogen-bond acceptors (Lipinski definition) is 4. The van der Waals surface area contributed by atoms with Crippen LogP contribution in [0, 0.1) is 6.92 Å². The third-order valence-corrected chi connectivity index (χ3v) is 4.63.